The van der Waals surface area contributed by atoms with E-state index in [4.69, 9.17) is 10.3 Å². The van der Waals surface area contributed by atoms with Crippen molar-refractivity contribution in [3.63, 3.8) is 0 Å². The summed E-state index contributed by atoms with van der Waals surface area (Å²) in [6.07, 6.45) is 0.798. The minimum absolute atomic E-state index is 0.0464. The number of carbonyl (C=O) groups is 1. The number of anilines is 2. The van der Waals surface area contributed by atoms with Gasteiger partial charge in [-0.1, -0.05) is 23.1 Å². The van der Waals surface area contributed by atoms with Gasteiger partial charge in [0, 0.05) is 35.5 Å². The normalized spacial score (nSPS) is 17.3. The first kappa shape index (κ1) is 21.7. The Morgan fingerprint density at radius 3 is 2.62 bits per heavy atom. The molecule has 0 saturated heterocycles. The highest BCUT2D eigenvalue weighted by atomic mass is 16.5. The maximum atomic E-state index is 12.4. The largest absolute Gasteiger partial charge is 0.378 e. The van der Waals surface area contributed by atoms with Crippen LogP contribution in [0.25, 0.3) is 11.1 Å². The van der Waals surface area contributed by atoms with E-state index < -0.39 is 0 Å². The Morgan fingerprint density at radius 1 is 1.25 bits per heavy atom. The van der Waals surface area contributed by atoms with Gasteiger partial charge in [0.1, 0.15) is 5.76 Å². The Bertz CT molecular complexity index is 1180. The van der Waals surface area contributed by atoms with Crippen LogP contribution in [0.1, 0.15) is 48.9 Å². The van der Waals surface area contributed by atoms with Crippen LogP contribution in [0, 0.1) is 25.7 Å². The van der Waals surface area contributed by atoms with Crippen molar-refractivity contribution in [2.24, 2.45) is 5.73 Å². The number of aromatic nitrogens is 1. The predicted molar refractivity (Wildman–Crippen MR) is 127 cm³/mol. The van der Waals surface area contributed by atoms with Crippen molar-refractivity contribution in [2.75, 3.05) is 16.8 Å². The Balaban J connectivity index is 1.73. The summed E-state index contributed by atoms with van der Waals surface area (Å²) in [5.41, 5.74) is 12.3. The number of nitrogens with two attached hydrogens (primary N) is 1. The minimum atomic E-state index is 0.0464. The third kappa shape index (κ3) is 4.12. The molecular formula is C26H28N4O2. The molecule has 6 nitrogen and oxygen atoms in total. The summed E-state index contributed by atoms with van der Waals surface area (Å²) in [6.45, 7) is 7.92. The van der Waals surface area contributed by atoms with E-state index in [-0.39, 0.29) is 18.0 Å². The van der Waals surface area contributed by atoms with Crippen molar-refractivity contribution >= 4 is 17.3 Å². The van der Waals surface area contributed by atoms with Gasteiger partial charge in [-0.3, -0.25) is 4.79 Å². The molecule has 3 aromatic rings. The minimum Gasteiger partial charge on any atom is -0.378 e. The SMILES string of the molecule is CC(=O)N1c2ccc(-c3c(C)noc3C)cc2[C@H](Nc2ccc(C#CCN)cc2)C[C@@H]1C. The second kappa shape index (κ2) is 8.89. The fourth-order valence-electron chi connectivity index (χ4n) is 4.54. The number of hydrogen-bond donors (Lipinski definition) is 2. The van der Waals surface area contributed by atoms with Crippen LogP contribution in [0.3, 0.4) is 0 Å². The maximum absolute atomic E-state index is 12.4. The molecule has 0 bridgehead atoms. The van der Waals surface area contributed by atoms with Crippen LogP contribution >= 0.6 is 0 Å². The van der Waals surface area contributed by atoms with Crippen LogP contribution in [-0.4, -0.2) is 23.7 Å². The van der Waals surface area contributed by atoms with Gasteiger partial charge >= 0.3 is 0 Å². The number of aryl methyl sites for hydroxylation is 2. The standard InChI is InChI=1S/C26H28N4O2/c1-16-14-24(28-22-10-7-20(8-11-22)6-5-13-27)23-15-21(26-17(2)29-32-18(26)3)9-12-25(23)30(16)19(4)31/h7-12,15-16,24,28H,13-14,27H2,1-4H3/t16-,24+/m0/s1. The zero-order valence-electron chi connectivity index (χ0n) is 18.9. The highest BCUT2D eigenvalue weighted by molar-refractivity contribution is 5.94. The first-order chi connectivity index (χ1) is 15.4. The molecule has 0 radical (unpaired) electrons. The van der Waals surface area contributed by atoms with Gasteiger partial charge in [-0.2, -0.15) is 0 Å². The van der Waals surface area contributed by atoms with Gasteiger partial charge in [0.05, 0.1) is 18.3 Å². The molecule has 6 heteroatoms. The summed E-state index contributed by atoms with van der Waals surface area (Å²) in [4.78, 5) is 14.3. The second-order valence-electron chi connectivity index (χ2n) is 8.23. The number of rotatable bonds is 3. The van der Waals surface area contributed by atoms with Gasteiger partial charge < -0.3 is 20.5 Å². The molecule has 0 unspecified atom stereocenters. The van der Waals surface area contributed by atoms with E-state index in [1.54, 1.807) is 6.92 Å². The van der Waals surface area contributed by atoms with Gasteiger partial charge in [0.15, 0.2) is 0 Å². The van der Waals surface area contributed by atoms with E-state index in [2.05, 4.69) is 35.3 Å². The number of carbonyl (C=O) groups excluding carboxylic acids is 1. The molecule has 2 heterocycles. The van der Waals surface area contributed by atoms with Crippen LogP contribution in [0.4, 0.5) is 11.4 Å². The number of amides is 1. The number of nitrogens with zero attached hydrogens (tertiary/aromatic N) is 2. The van der Waals surface area contributed by atoms with Crippen molar-refractivity contribution in [1.29, 1.82) is 0 Å². The molecule has 0 spiro atoms. The van der Waals surface area contributed by atoms with E-state index in [0.717, 1.165) is 51.5 Å². The Kier molecular flexibility index (Phi) is 6.02. The molecule has 164 valence electrons. The Hall–Kier alpha value is -3.56. The van der Waals surface area contributed by atoms with Gasteiger partial charge in [-0.15, -0.1) is 0 Å². The molecule has 0 aliphatic carbocycles. The monoisotopic (exact) mass is 428 g/mol. The zero-order chi connectivity index (χ0) is 22.8. The molecule has 2 atom stereocenters. The molecule has 1 aliphatic rings. The van der Waals surface area contributed by atoms with Crippen molar-refractivity contribution in [3.05, 3.63) is 65.0 Å². The zero-order valence-corrected chi connectivity index (χ0v) is 18.9. The molecule has 0 saturated carbocycles. The molecule has 0 fully saturated rings. The predicted octanol–water partition coefficient (Wildman–Crippen LogP) is 4.57. The summed E-state index contributed by atoms with van der Waals surface area (Å²) in [7, 11) is 0. The molecule has 1 aromatic heterocycles. The second-order valence-corrected chi connectivity index (χ2v) is 8.23. The highest BCUT2D eigenvalue weighted by Gasteiger charge is 2.33. The molecule has 1 aliphatic heterocycles. The van der Waals surface area contributed by atoms with Gasteiger partial charge in [0.25, 0.3) is 0 Å². The topological polar surface area (TPSA) is 84.4 Å². The highest BCUT2D eigenvalue weighted by Crippen LogP contribution is 2.42. The van der Waals surface area contributed by atoms with Crippen LogP contribution in [-0.2, 0) is 4.79 Å². The lowest BCUT2D eigenvalue weighted by Crippen LogP contribution is -2.43. The summed E-state index contributed by atoms with van der Waals surface area (Å²) in [6, 6.07) is 14.4. The van der Waals surface area contributed by atoms with Gasteiger partial charge in [-0.25, -0.2) is 0 Å². The quantitative estimate of drug-likeness (QED) is 0.597. The summed E-state index contributed by atoms with van der Waals surface area (Å²) >= 11 is 0. The molecule has 4 rings (SSSR count). The average molecular weight is 429 g/mol. The van der Waals surface area contributed by atoms with Crippen molar-refractivity contribution in [3.8, 4) is 23.0 Å². The third-order valence-electron chi connectivity index (χ3n) is 5.90. The van der Waals surface area contributed by atoms with E-state index in [0.29, 0.717) is 6.54 Å². The Morgan fingerprint density at radius 2 is 2.00 bits per heavy atom. The first-order valence-corrected chi connectivity index (χ1v) is 10.8. The number of hydrogen-bond acceptors (Lipinski definition) is 5. The molecule has 32 heavy (non-hydrogen) atoms. The van der Waals surface area contributed by atoms with E-state index in [9.17, 15) is 4.79 Å². The maximum Gasteiger partial charge on any atom is 0.224 e. The van der Waals surface area contributed by atoms with E-state index in [1.807, 2.05) is 55.1 Å². The van der Waals surface area contributed by atoms with E-state index >= 15 is 0 Å². The molecule has 3 N–H and O–H groups in total. The van der Waals surface area contributed by atoms with Crippen LogP contribution < -0.4 is 16.0 Å². The molecule has 2 aromatic carbocycles. The number of nitrogens with one attached hydrogen (secondary N) is 1. The van der Waals surface area contributed by atoms with Gasteiger partial charge in [0.2, 0.25) is 5.91 Å². The molecule has 1 amide bonds. The van der Waals surface area contributed by atoms with Crippen molar-refractivity contribution in [1.82, 2.24) is 5.16 Å². The fourth-order valence-corrected chi connectivity index (χ4v) is 4.54. The lowest BCUT2D eigenvalue weighted by atomic mass is 9.88. The fraction of sp³-hybridized carbons (Fsp3) is 0.308. The Labute approximate surface area is 188 Å². The lowest BCUT2D eigenvalue weighted by Gasteiger charge is -2.39. The average Bonchev–Trinajstić information content (AvgIpc) is 3.10. The molecular weight excluding hydrogens is 400 g/mol. The summed E-state index contributed by atoms with van der Waals surface area (Å²) in [5.74, 6) is 6.76. The van der Waals surface area contributed by atoms with Crippen molar-refractivity contribution < 1.29 is 9.32 Å². The van der Waals surface area contributed by atoms with Crippen LogP contribution in [0.15, 0.2) is 47.0 Å². The van der Waals surface area contributed by atoms with Crippen LogP contribution in [0.2, 0.25) is 0 Å². The summed E-state index contributed by atoms with van der Waals surface area (Å²) in [5, 5.41) is 7.76. The number of fused-ring (bicyclic) bond motifs is 1. The van der Waals surface area contributed by atoms with E-state index in [1.165, 1.54) is 0 Å². The van der Waals surface area contributed by atoms with Crippen LogP contribution in [0.5, 0.6) is 0 Å². The van der Waals surface area contributed by atoms with Crippen molar-refractivity contribution in [2.45, 2.75) is 46.2 Å². The van der Waals surface area contributed by atoms with Gasteiger partial charge in [-0.05, 0) is 74.7 Å². The number of benzene rings is 2. The summed E-state index contributed by atoms with van der Waals surface area (Å²) < 4.78 is 5.38. The first-order valence-electron chi connectivity index (χ1n) is 10.8. The third-order valence-corrected chi connectivity index (χ3v) is 5.90. The smallest absolute Gasteiger partial charge is 0.224 e. The lowest BCUT2D eigenvalue weighted by molar-refractivity contribution is -0.117.